The largest absolute Gasteiger partial charge is 0.464 e. The van der Waals surface area contributed by atoms with Crippen molar-refractivity contribution >= 4 is 39.7 Å². The molecule has 0 spiro atoms. The average molecular weight is 484 g/mol. The van der Waals surface area contributed by atoms with E-state index in [9.17, 15) is 19.5 Å². The lowest BCUT2D eigenvalue weighted by Crippen LogP contribution is -2.09. The lowest BCUT2D eigenvalue weighted by molar-refractivity contribution is -0.118. The standard InChI is InChI=1S/C22H14N4O3.C5H11NO/c27-20(16-4-1-5-19-15(16)6-8-26(19)22(28)29)18-12-25-21-17(18)9-14(11-24-21)13-3-2-7-23-10-13;1-2-3-4-5(6)7/h1-12H,(H,24,25)(H,28,29);2-4H2,1H3,(H2,6,7). The van der Waals surface area contributed by atoms with Gasteiger partial charge in [0.1, 0.15) is 5.65 Å². The monoisotopic (exact) mass is 483 g/mol. The number of carbonyl (C=O) groups is 3. The van der Waals surface area contributed by atoms with Crippen molar-refractivity contribution in [3.05, 3.63) is 84.6 Å². The number of amides is 1. The van der Waals surface area contributed by atoms with E-state index in [1.165, 1.54) is 6.20 Å². The number of rotatable bonds is 6. The van der Waals surface area contributed by atoms with Crippen molar-refractivity contribution in [3.8, 4) is 11.1 Å². The van der Waals surface area contributed by atoms with Gasteiger partial charge in [-0.05, 0) is 30.7 Å². The predicted molar refractivity (Wildman–Crippen MR) is 137 cm³/mol. The Morgan fingerprint density at radius 2 is 1.86 bits per heavy atom. The number of aromatic amines is 1. The van der Waals surface area contributed by atoms with Crippen LogP contribution in [0, 0.1) is 0 Å². The highest BCUT2D eigenvalue weighted by molar-refractivity contribution is 6.21. The molecule has 9 nitrogen and oxygen atoms in total. The number of aromatic nitrogens is 4. The SMILES string of the molecule is CCCCC(N)=O.O=C(c1c[nH]c2ncc(-c3cccnc3)cc12)c1cccc2c1ccn2C(=O)O. The molecule has 0 saturated heterocycles. The third-order valence-electron chi connectivity index (χ3n) is 5.73. The Kier molecular flexibility index (Phi) is 7.20. The van der Waals surface area contributed by atoms with Crippen LogP contribution in [0.3, 0.4) is 0 Å². The Morgan fingerprint density at radius 1 is 1.03 bits per heavy atom. The van der Waals surface area contributed by atoms with E-state index in [0.29, 0.717) is 39.5 Å². The molecule has 1 aromatic carbocycles. The molecule has 0 aliphatic rings. The number of carbonyl (C=O) groups excluding carboxylic acids is 2. The third kappa shape index (κ3) is 5.00. The van der Waals surface area contributed by atoms with Crippen LogP contribution in [0.25, 0.3) is 33.1 Å². The number of hydrogen-bond donors (Lipinski definition) is 3. The second-order valence-corrected chi connectivity index (χ2v) is 8.17. The first kappa shape index (κ1) is 24.3. The first-order valence-electron chi connectivity index (χ1n) is 11.4. The Morgan fingerprint density at radius 3 is 2.53 bits per heavy atom. The summed E-state index contributed by atoms with van der Waals surface area (Å²) in [5.74, 6) is -0.392. The Hall–Kier alpha value is -4.79. The molecule has 0 atom stereocenters. The molecule has 0 aliphatic carbocycles. The maximum absolute atomic E-state index is 13.3. The zero-order valence-corrected chi connectivity index (χ0v) is 19.6. The Labute approximate surface area is 206 Å². The van der Waals surface area contributed by atoms with Crippen molar-refractivity contribution in [1.82, 2.24) is 19.5 Å². The second-order valence-electron chi connectivity index (χ2n) is 8.17. The van der Waals surface area contributed by atoms with Gasteiger partial charge < -0.3 is 15.8 Å². The van der Waals surface area contributed by atoms with Crippen molar-refractivity contribution in [3.63, 3.8) is 0 Å². The van der Waals surface area contributed by atoms with Crippen LogP contribution in [0.5, 0.6) is 0 Å². The molecule has 0 unspecified atom stereocenters. The highest BCUT2D eigenvalue weighted by Crippen LogP contribution is 2.28. The van der Waals surface area contributed by atoms with Gasteiger partial charge in [0.25, 0.3) is 0 Å². The lowest BCUT2D eigenvalue weighted by atomic mass is 9.99. The van der Waals surface area contributed by atoms with E-state index in [4.69, 9.17) is 5.73 Å². The number of hydrogen-bond acceptors (Lipinski definition) is 5. The van der Waals surface area contributed by atoms with Gasteiger partial charge in [-0.2, -0.15) is 0 Å². The smallest absolute Gasteiger partial charge is 0.415 e. The number of ketones is 1. The van der Waals surface area contributed by atoms with E-state index in [1.807, 2.05) is 25.1 Å². The third-order valence-corrected chi connectivity index (χ3v) is 5.73. The summed E-state index contributed by atoms with van der Waals surface area (Å²) in [6.45, 7) is 2.03. The van der Waals surface area contributed by atoms with E-state index in [1.54, 1.807) is 49.1 Å². The normalized spacial score (nSPS) is 10.7. The van der Waals surface area contributed by atoms with Crippen LogP contribution in [-0.4, -0.2) is 42.4 Å². The fraction of sp³-hybridized carbons (Fsp3) is 0.148. The molecule has 0 fully saturated rings. The minimum absolute atomic E-state index is 0.193. The van der Waals surface area contributed by atoms with Crippen molar-refractivity contribution < 1.29 is 19.5 Å². The minimum Gasteiger partial charge on any atom is -0.464 e. The van der Waals surface area contributed by atoms with Gasteiger partial charge in [0, 0.05) is 70.4 Å². The first-order valence-corrected chi connectivity index (χ1v) is 11.4. The quantitative estimate of drug-likeness (QED) is 0.290. The number of primary amides is 1. The summed E-state index contributed by atoms with van der Waals surface area (Å²) in [7, 11) is 0. The molecule has 4 N–H and O–H groups in total. The van der Waals surface area contributed by atoms with Gasteiger partial charge in [0.15, 0.2) is 5.78 Å². The molecule has 1 amide bonds. The number of nitrogens with one attached hydrogen (secondary N) is 1. The fourth-order valence-electron chi connectivity index (χ4n) is 3.91. The summed E-state index contributed by atoms with van der Waals surface area (Å²) in [5.41, 5.74) is 8.60. The number of carboxylic acid groups (broad SMARTS) is 1. The molecule has 4 aromatic heterocycles. The molecule has 182 valence electrons. The molecule has 0 saturated carbocycles. The van der Waals surface area contributed by atoms with Crippen LogP contribution >= 0.6 is 0 Å². The fourth-order valence-corrected chi connectivity index (χ4v) is 3.91. The molecule has 9 heteroatoms. The highest BCUT2D eigenvalue weighted by atomic mass is 16.4. The molecule has 36 heavy (non-hydrogen) atoms. The number of benzene rings is 1. The number of fused-ring (bicyclic) bond motifs is 2. The van der Waals surface area contributed by atoms with Crippen LogP contribution in [0.1, 0.15) is 42.1 Å². The number of H-pyrrole nitrogens is 1. The molecule has 5 aromatic rings. The van der Waals surface area contributed by atoms with Crippen LogP contribution in [0.15, 0.2) is 73.4 Å². The molecule has 4 heterocycles. The first-order chi connectivity index (χ1) is 17.4. The molecular weight excluding hydrogens is 458 g/mol. The van der Waals surface area contributed by atoms with Gasteiger partial charge in [0.05, 0.1) is 5.52 Å². The summed E-state index contributed by atoms with van der Waals surface area (Å²) in [4.78, 5) is 46.3. The van der Waals surface area contributed by atoms with E-state index in [2.05, 4.69) is 15.0 Å². The van der Waals surface area contributed by atoms with Crippen molar-refractivity contribution in [1.29, 1.82) is 0 Å². The molecular formula is C27H25N5O4. The lowest BCUT2D eigenvalue weighted by Gasteiger charge is -2.05. The van der Waals surface area contributed by atoms with Crippen molar-refractivity contribution in [2.45, 2.75) is 26.2 Å². The number of unbranched alkanes of at least 4 members (excludes halogenated alkanes) is 1. The van der Waals surface area contributed by atoms with E-state index >= 15 is 0 Å². The number of pyridine rings is 2. The van der Waals surface area contributed by atoms with Gasteiger partial charge in [-0.25, -0.2) is 9.78 Å². The molecule has 0 aliphatic heterocycles. The zero-order valence-electron chi connectivity index (χ0n) is 19.6. The number of nitrogens with two attached hydrogens (primary N) is 1. The molecule has 0 bridgehead atoms. The van der Waals surface area contributed by atoms with Gasteiger partial charge in [-0.15, -0.1) is 0 Å². The zero-order chi connectivity index (χ0) is 25.7. The van der Waals surface area contributed by atoms with Crippen LogP contribution in [-0.2, 0) is 4.79 Å². The maximum atomic E-state index is 13.3. The maximum Gasteiger partial charge on any atom is 0.415 e. The van der Waals surface area contributed by atoms with Crippen LogP contribution < -0.4 is 5.73 Å². The summed E-state index contributed by atoms with van der Waals surface area (Å²) in [6.07, 6.45) is 9.67. The average Bonchev–Trinajstić information content (AvgIpc) is 3.52. The highest BCUT2D eigenvalue weighted by Gasteiger charge is 2.19. The molecule has 0 radical (unpaired) electrons. The van der Waals surface area contributed by atoms with Gasteiger partial charge in [-0.1, -0.05) is 31.5 Å². The minimum atomic E-state index is -1.10. The van der Waals surface area contributed by atoms with E-state index in [-0.39, 0.29) is 11.7 Å². The summed E-state index contributed by atoms with van der Waals surface area (Å²) in [5, 5.41) is 10.6. The summed E-state index contributed by atoms with van der Waals surface area (Å²) < 4.78 is 1.10. The van der Waals surface area contributed by atoms with Crippen LogP contribution in [0.4, 0.5) is 4.79 Å². The van der Waals surface area contributed by atoms with Gasteiger partial charge in [-0.3, -0.25) is 19.1 Å². The predicted octanol–water partition coefficient (Wildman–Crippen LogP) is 5.00. The summed E-state index contributed by atoms with van der Waals surface area (Å²) >= 11 is 0. The van der Waals surface area contributed by atoms with E-state index < -0.39 is 6.09 Å². The Balaban J connectivity index is 0.000000384. The Bertz CT molecular complexity index is 1550. The summed E-state index contributed by atoms with van der Waals surface area (Å²) in [6, 6.07) is 12.4. The van der Waals surface area contributed by atoms with Gasteiger partial charge in [0.2, 0.25) is 5.91 Å². The molecule has 5 rings (SSSR count). The van der Waals surface area contributed by atoms with E-state index in [0.717, 1.165) is 28.5 Å². The topological polar surface area (TPSA) is 144 Å². The van der Waals surface area contributed by atoms with Crippen LogP contribution in [0.2, 0.25) is 0 Å². The van der Waals surface area contributed by atoms with Crippen molar-refractivity contribution in [2.75, 3.05) is 0 Å². The number of nitrogens with zero attached hydrogens (tertiary/aromatic N) is 3. The van der Waals surface area contributed by atoms with Gasteiger partial charge >= 0.3 is 6.09 Å². The second kappa shape index (κ2) is 10.6. The van der Waals surface area contributed by atoms with Crippen molar-refractivity contribution in [2.24, 2.45) is 5.73 Å².